The van der Waals surface area contributed by atoms with Crippen molar-refractivity contribution in [2.75, 3.05) is 0 Å². The van der Waals surface area contributed by atoms with E-state index < -0.39 is 0 Å². The molecule has 1 heterocycles. The van der Waals surface area contributed by atoms with Gasteiger partial charge in [-0.1, -0.05) is 56.2 Å². The maximum atomic E-state index is 12.6. The van der Waals surface area contributed by atoms with Gasteiger partial charge >= 0.3 is 5.97 Å². The summed E-state index contributed by atoms with van der Waals surface area (Å²) in [6, 6.07) is 15.7. The van der Waals surface area contributed by atoms with Gasteiger partial charge < -0.3 is 9.47 Å². The number of rotatable bonds is 4. The van der Waals surface area contributed by atoms with E-state index in [1.54, 1.807) is 0 Å². The van der Waals surface area contributed by atoms with E-state index in [9.17, 15) is 4.79 Å². The summed E-state index contributed by atoms with van der Waals surface area (Å²) in [5, 5.41) is 0. The zero-order valence-corrected chi connectivity index (χ0v) is 20.0. The average molecular weight is 455 g/mol. The van der Waals surface area contributed by atoms with Gasteiger partial charge in [-0.25, -0.2) is 4.79 Å². The van der Waals surface area contributed by atoms with Crippen molar-refractivity contribution in [1.82, 2.24) is 0 Å². The lowest BCUT2D eigenvalue weighted by atomic mass is 9.55. The van der Waals surface area contributed by atoms with Crippen LogP contribution in [-0.2, 0) is 11.2 Å². The summed E-state index contributed by atoms with van der Waals surface area (Å²) >= 11 is 0. The minimum Gasteiger partial charge on any atom is -0.423 e. The molecule has 3 fully saturated rings. The second-order valence-electron chi connectivity index (χ2n) is 11.4. The van der Waals surface area contributed by atoms with Crippen LogP contribution in [0.3, 0.4) is 0 Å². The van der Waals surface area contributed by atoms with Crippen LogP contribution in [0.1, 0.15) is 79.3 Å². The summed E-state index contributed by atoms with van der Waals surface area (Å²) in [6.07, 6.45) is 14.5. The number of allylic oxidation sites excluding steroid dienone is 1. The summed E-state index contributed by atoms with van der Waals surface area (Å²) in [5.41, 5.74) is 3.84. The third-order valence-corrected chi connectivity index (χ3v) is 10.0. The summed E-state index contributed by atoms with van der Waals surface area (Å²) < 4.78 is 12.6. The molecule has 3 nitrogen and oxygen atoms in total. The predicted molar refractivity (Wildman–Crippen MR) is 132 cm³/mol. The average Bonchev–Trinajstić information content (AvgIpc) is 3.39. The molecule has 4 aliphatic carbocycles. The molecule has 2 aromatic carbocycles. The highest BCUT2D eigenvalue weighted by Gasteiger charge is 2.81. The van der Waals surface area contributed by atoms with Crippen LogP contribution in [0.2, 0.25) is 0 Å². The molecule has 0 radical (unpaired) electrons. The van der Waals surface area contributed by atoms with Crippen LogP contribution < -0.4 is 4.74 Å². The molecule has 0 aromatic heterocycles. The van der Waals surface area contributed by atoms with Crippen LogP contribution in [0.15, 0.2) is 60.7 Å². The number of epoxide rings is 1. The van der Waals surface area contributed by atoms with Gasteiger partial charge in [0.2, 0.25) is 0 Å². The van der Waals surface area contributed by atoms with Crippen molar-refractivity contribution in [3.63, 3.8) is 0 Å². The number of fused-ring (bicyclic) bond motifs is 4. The zero-order chi connectivity index (χ0) is 22.9. The highest BCUT2D eigenvalue weighted by atomic mass is 16.6. The number of benzene rings is 2. The topological polar surface area (TPSA) is 38.8 Å². The lowest BCUT2D eigenvalue weighted by Gasteiger charge is -2.49. The lowest BCUT2D eigenvalue weighted by molar-refractivity contribution is 0.0185. The van der Waals surface area contributed by atoms with Crippen LogP contribution in [0.4, 0.5) is 0 Å². The molecule has 2 saturated carbocycles. The number of carbonyl (C=O) groups is 1. The van der Waals surface area contributed by atoms with E-state index in [0.717, 1.165) is 24.7 Å². The number of hydrogen-bond acceptors (Lipinski definition) is 3. The first-order valence-corrected chi connectivity index (χ1v) is 13.4. The first kappa shape index (κ1) is 20.9. The van der Waals surface area contributed by atoms with Crippen molar-refractivity contribution in [3.8, 4) is 5.75 Å². The molecule has 0 bridgehead atoms. The molecule has 2 spiro atoms. The third kappa shape index (κ3) is 2.83. The molecule has 3 unspecified atom stereocenters. The van der Waals surface area contributed by atoms with Crippen LogP contribution in [0.5, 0.6) is 5.75 Å². The largest absolute Gasteiger partial charge is 0.423 e. The van der Waals surface area contributed by atoms with Crippen LogP contribution >= 0.6 is 0 Å². The Morgan fingerprint density at radius 1 is 1.12 bits per heavy atom. The molecule has 3 heteroatoms. The van der Waals surface area contributed by atoms with Crippen LogP contribution in [-0.4, -0.2) is 17.2 Å². The van der Waals surface area contributed by atoms with Crippen molar-refractivity contribution in [1.29, 1.82) is 0 Å². The maximum absolute atomic E-state index is 12.6. The fraction of sp³-hybridized carbons (Fsp3) is 0.516. The van der Waals surface area contributed by atoms with Gasteiger partial charge in [0.05, 0.1) is 5.56 Å². The summed E-state index contributed by atoms with van der Waals surface area (Å²) in [4.78, 5) is 12.6. The Bertz CT molecular complexity index is 1150. The highest BCUT2D eigenvalue weighted by molar-refractivity contribution is 5.91. The SMILES string of the molecule is CCC[C@@H]1Cc2cc(OC(=O)c3ccccc3)ccc2C2CC[C@]34O[C@]35CC=CC[C@@H]5CC4C21. The van der Waals surface area contributed by atoms with E-state index in [0.29, 0.717) is 29.1 Å². The Kier molecular flexibility index (Phi) is 4.65. The minimum absolute atomic E-state index is 0.165. The van der Waals surface area contributed by atoms with Gasteiger partial charge in [-0.2, -0.15) is 0 Å². The van der Waals surface area contributed by atoms with Crippen molar-refractivity contribution in [3.05, 3.63) is 77.4 Å². The van der Waals surface area contributed by atoms with E-state index in [1.807, 2.05) is 36.4 Å². The summed E-state index contributed by atoms with van der Waals surface area (Å²) in [5.74, 6) is 3.86. The zero-order valence-electron chi connectivity index (χ0n) is 20.0. The molecule has 7 atom stereocenters. The van der Waals surface area contributed by atoms with E-state index in [2.05, 4.69) is 31.2 Å². The van der Waals surface area contributed by atoms with Crippen LogP contribution in [0.25, 0.3) is 0 Å². The molecular formula is C31H34O3. The van der Waals surface area contributed by atoms with Crippen molar-refractivity contribution in [2.24, 2.45) is 23.7 Å². The first-order valence-electron chi connectivity index (χ1n) is 13.4. The highest BCUT2D eigenvalue weighted by Crippen LogP contribution is 2.76. The second-order valence-corrected chi connectivity index (χ2v) is 11.4. The molecule has 7 rings (SSSR count). The normalized spacial score (nSPS) is 38.7. The van der Waals surface area contributed by atoms with Gasteiger partial charge in [0.25, 0.3) is 0 Å². The monoisotopic (exact) mass is 454 g/mol. The number of esters is 1. The lowest BCUT2D eigenvalue weighted by Crippen LogP contribution is -2.45. The first-order chi connectivity index (χ1) is 16.6. The summed E-state index contributed by atoms with van der Waals surface area (Å²) in [6.45, 7) is 2.33. The quantitative estimate of drug-likeness (QED) is 0.219. The Hall–Kier alpha value is -2.39. The molecule has 1 aliphatic heterocycles. The van der Waals surface area contributed by atoms with E-state index in [4.69, 9.17) is 9.47 Å². The van der Waals surface area contributed by atoms with E-state index >= 15 is 0 Å². The van der Waals surface area contributed by atoms with Crippen molar-refractivity contribution >= 4 is 5.97 Å². The van der Waals surface area contributed by atoms with Crippen molar-refractivity contribution < 1.29 is 14.3 Å². The Morgan fingerprint density at radius 2 is 2.00 bits per heavy atom. The molecule has 34 heavy (non-hydrogen) atoms. The minimum atomic E-state index is -0.280. The molecule has 0 N–H and O–H groups in total. The van der Waals surface area contributed by atoms with Gasteiger partial charge in [0.15, 0.2) is 0 Å². The van der Waals surface area contributed by atoms with Gasteiger partial charge in [-0.05, 0) is 104 Å². The van der Waals surface area contributed by atoms with E-state index in [1.165, 1.54) is 49.7 Å². The van der Waals surface area contributed by atoms with Gasteiger partial charge in [0.1, 0.15) is 17.0 Å². The molecular weight excluding hydrogens is 420 g/mol. The van der Waals surface area contributed by atoms with Gasteiger partial charge in [-0.3, -0.25) is 0 Å². The second kappa shape index (κ2) is 7.55. The molecule has 0 amide bonds. The Labute approximate surface area is 202 Å². The summed E-state index contributed by atoms with van der Waals surface area (Å²) in [7, 11) is 0. The smallest absolute Gasteiger partial charge is 0.343 e. The van der Waals surface area contributed by atoms with Crippen LogP contribution in [0, 0.1) is 23.7 Å². The molecule has 1 saturated heterocycles. The van der Waals surface area contributed by atoms with E-state index in [-0.39, 0.29) is 17.2 Å². The number of ether oxygens (including phenoxy) is 2. The Morgan fingerprint density at radius 3 is 2.85 bits per heavy atom. The molecule has 2 aromatic rings. The standard InChI is InChI=1S/C31H34O3/c1-2-8-21-17-22-18-24(33-29(32)20-9-4-3-5-10-20)12-13-25(22)26-14-16-31-27(28(21)26)19-23-11-6-7-15-30(23,31)34-31/h3-7,9-10,12-13,18,21,23,26-28H,2,8,11,14-17,19H2,1H3/t21-,23-,26?,27?,28?,30+,31-/m1/s1. The third-order valence-electron chi connectivity index (χ3n) is 10.0. The fourth-order valence-electron chi connectivity index (χ4n) is 8.78. The molecule has 5 aliphatic rings. The van der Waals surface area contributed by atoms with Gasteiger partial charge in [0, 0.05) is 0 Å². The molecule has 176 valence electrons. The number of hydrogen-bond donors (Lipinski definition) is 0. The Balaban J connectivity index is 1.19. The number of carbonyl (C=O) groups excluding carboxylic acids is 1. The fourth-order valence-corrected chi connectivity index (χ4v) is 8.78. The van der Waals surface area contributed by atoms with Crippen molar-refractivity contribution in [2.45, 2.75) is 75.4 Å². The predicted octanol–water partition coefficient (Wildman–Crippen LogP) is 6.87. The maximum Gasteiger partial charge on any atom is 0.343 e. The van der Waals surface area contributed by atoms with Gasteiger partial charge in [-0.15, -0.1) is 0 Å².